The van der Waals surface area contributed by atoms with E-state index in [0.29, 0.717) is 18.4 Å². The SMILES string of the molecule is COC(=O)CCOC1C[C@@H](C)[CH-]O1.C[C@H]1[CH-]OC(OCCC(=O)O)C1.[Cs+].[Cs+]. The number of aliphatic carboxylic acids is 1. The Morgan fingerprint density at radius 1 is 0.963 bits per heavy atom. The number of hydrogen-bond donors (Lipinski definition) is 1. The van der Waals surface area contributed by atoms with Gasteiger partial charge in [-0.1, -0.05) is 13.8 Å². The smallest absolute Gasteiger partial charge is 0.529 e. The van der Waals surface area contributed by atoms with Crippen molar-refractivity contribution in [2.45, 2.75) is 52.1 Å². The number of carbonyl (C=O) groups excluding carboxylic acids is 1. The molecule has 8 nitrogen and oxygen atoms in total. The number of carboxylic acids is 1. The first-order valence-corrected chi connectivity index (χ1v) is 8.40. The molecule has 10 heteroatoms. The van der Waals surface area contributed by atoms with E-state index in [9.17, 15) is 9.59 Å². The zero-order valence-corrected chi connectivity index (χ0v) is 29.6. The molecule has 0 aromatic heterocycles. The van der Waals surface area contributed by atoms with Crippen molar-refractivity contribution in [1.82, 2.24) is 0 Å². The fraction of sp³-hybridized carbons (Fsp3) is 0.765. The zero-order valence-electron chi connectivity index (χ0n) is 17.0. The molecule has 2 aliphatic heterocycles. The maximum Gasteiger partial charge on any atom is 1.00 e. The molecule has 2 unspecified atom stereocenters. The Bertz CT molecular complexity index is 410. The summed E-state index contributed by atoms with van der Waals surface area (Å²) in [6.45, 7) is 8.16. The molecule has 0 aromatic carbocycles. The monoisotopic (exact) mass is 626 g/mol. The van der Waals surface area contributed by atoms with E-state index in [1.807, 2.05) is 6.92 Å². The number of methoxy groups -OCH3 is 1. The van der Waals surface area contributed by atoms with Crippen molar-refractivity contribution >= 4 is 11.9 Å². The summed E-state index contributed by atoms with van der Waals surface area (Å²) in [4.78, 5) is 20.8. The molecule has 1 N–H and O–H groups in total. The van der Waals surface area contributed by atoms with Gasteiger partial charge in [0.25, 0.3) is 0 Å². The van der Waals surface area contributed by atoms with Gasteiger partial charge < -0.3 is 28.8 Å². The molecule has 2 fully saturated rings. The second-order valence-electron chi connectivity index (χ2n) is 6.04. The third-order valence-corrected chi connectivity index (χ3v) is 3.51. The van der Waals surface area contributed by atoms with Crippen molar-refractivity contribution in [1.29, 1.82) is 0 Å². The Morgan fingerprint density at radius 3 is 1.74 bits per heavy atom. The Morgan fingerprint density at radius 2 is 1.41 bits per heavy atom. The van der Waals surface area contributed by atoms with Gasteiger partial charge in [-0.3, -0.25) is 9.59 Å². The molecule has 0 amide bonds. The number of rotatable bonds is 8. The summed E-state index contributed by atoms with van der Waals surface area (Å²) in [6, 6.07) is 0. The Labute approximate surface area is 279 Å². The van der Waals surface area contributed by atoms with Crippen LogP contribution in [0.2, 0.25) is 0 Å². The van der Waals surface area contributed by atoms with Crippen molar-refractivity contribution in [3.05, 3.63) is 13.2 Å². The van der Waals surface area contributed by atoms with Gasteiger partial charge >= 0.3 is 150 Å². The van der Waals surface area contributed by atoms with Crippen LogP contribution in [0.1, 0.15) is 39.5 Å². The van der Waals surface area contributed by atoms with Crippen molar-refractivity contribution in [3.8, 4) is 0 Å². The van der Waals surface area contributed by atoms with Gasteiger partial charge in [0.1, 0.15) is 12.6 Å². The Balaban J connectivity index is 0. The van der Waals surface area contributed by atoms with Crippen molar-refractivity contribution in [2.75, 3.05) is 20.3 Å². The van der Waals surface area contributed by atoms with E-state index < -0.39 is 5.97 Å². The van der Waals surface area contributed by atoms with Crippen LogP contribution in [0.3, 0.4) is 0 Å². The van der Waals surface area contributed by atoms with Gasteiger partial charge in [-0.15, -0.1) is 11.8 Å². The standard InChI is InChI=1S/C9H15O4.C8H13O4.2Cs/c1-7-5-9(13-6-7)12-4-3-8(10)11-2;1-6-4-8(12-5-6)11-3-2-7(9)10;;/h6-7,9H,3-5H2,1-2H3;5-6,8H,2-4H2,1H3,(H,9,10);;/q2*-1;2*+1/t7-,9?;6-,8?;;/m11../s1. The topological polar surface area (TPSA) is 101 Å². The molecule has 0 radical (unpaired) electrons. The average Bonchev–Trinajstić information content (AvgIpc) is 3.16. The van der Waals surface area contributed by atoms with Crippen LogP contribution in [0.4, 0.5) is 0 Å². The van der Waals surface area contributed by atoms with E-state index in [-0.39, 0.29) is 176 Å². The van der Waals surface area contributed by atoms with Gasteiger partial charge in [-0.2, -0.15) is 0 Å². The molecule has 2 aliphatic rings. The predicted molar refractivity (Wildman–Crippen MR) is 86.7 cm³/mol. The summed E-state index contributed by atoms with van der Waals surface area (Å²) in [6.07, 6.45) is 1.58. The first-order chi connectivity index (χ1) is 11.9. The van der Waals surface area contributed by atoms with E-state index in [1.54, 1.807) is 13.2 Å². The molecule has 2 saturated heterocycles. The maximum absolute atomic E-state index is 10.7. The normalized spacial score (nSPS) is 26.2. The minimum absolute atomic E-state index is 0. The average molecular weight is 626 g/mol. The molecule has 146 valence electrons. The molecule has 0 aliphatic carbocycles. The zero-order chi connectivity index (χ0) is 18.7. The summed E-state index contributed by atoms with van der Waals surface area (Å²) >= 11 is 0. The van der Waals surface area contributed by atoms with Crippen LogP contribution in [-0.2, 0) is 33.3 Å². The molecule has 0 spiro atoms. The van der Waals surface area contributed by atoms with Gasteiger partial charge in [0.2, 0.25) is 0 Å². The molecule has 2 heterocycles. The third kappa shape index (κ3) is 17.2. The second-order valence-corrected chi connectivity index (χ2v) is 6.04. The molecule has 2 rings (SSSR count). The van der Waals surface area contributed by atoms with E-state index in [1.165, 1.54) is 7.11 Å². The summed E-state index contributed by atoms with van der Waals surface area (Å²) < 4.78 is 25.2. The molecule has 0 saturated carbocycles. The van der Waals surface area contributed by atoms with E-state index >= 15 is 0 Å². The first-order valence-electron chi connectivity index (χ1n) is 8.40. The van der Waals surface area contributed by atoms with Crippen molar-refractivity contribution < 1.29 is 176 Å². The Kier molecular flexibility index (Phi) is 23.2. The van der Waals surface area contributed by atoms with Crippen LogP contribution in [0.15, 0.2) is 0 Å². The summed E-state index contributed by atoms with van der Waals surface area (Å²) in [5.41, 5.74) is 0. The maximum atomic E-state index is 10.7. The number of ether oxygens (including phenoxy) is 5. The van der Waals surface area contributed by atoms with Gasteiger partial charge in [-0.25, -0.2) is 13.2 Å². The molecule has 0 aromatic rings. The fourth-order valence-electron chi connectivity index (χ4n) is 2.14. The number of carboxylic acid groups (broad SMARTS) is 1. The Hall–Kier alpha value is 2.88. The summed E-state index contributed by atoms with van der Waals surface area (Å²) in [5.74, 6) is -0.261. The van der Waals surface area contributed by atoms with E-state index in [4.69, 9.17) is 24.1 Å². The minimum Gasteiger partial charge on any atom is -0.529 e. The quantitative estimate of drug-likeness (QED) is 0.216. The molecular weight excluding hydrogens is 598 g/mol. The minimum atomic E-state index is -0.843. The number of hydrogen-bond acceptors (Lipinski definition) is 7. The summed E-state index contributed by atoms with van der Waals surface area (Å²) in [5, 5.41) is 8.31. The fourth-order valence-corrected chi connectivity index (χ4v) is 2.14. The summed E-state index contributed by atoms with van der Waals surface area (Å²) in [7, 11) is 1.37. The molecule has 27 heavy (non-hydrogen) atoms. The van der Waals surface area contributed by atoms with Crippen molar-refractivity contribution in [3.63, 3.8) is 0 Å². The first kappa shape index (κ1) is 32.1. The van der Waals surface area contributed by atoms with E-state index in [2.05, 4.69) is 11.7 Å². The largest absolute Gasteiger partial charge is 1.00 e. The van der Waals surface area contributed by atoms with E-state index in [0.717, 1.165) is 12.8 Å². The van der Waals surface area contributed by atoms with Crippen molar-refractivity contribution in [2.24, 2.45) is 11.8 Å². The van der Waals surface area contributed by atoms with Crippen LogP contribution in [0.5, 0.6) is 0 Å². The van der Waals surface area contributed by atoms with Crippen LogP contribution in [-0.4, -0.2) is 49.9 Å². The number of carbonyl (C=O) groups is 2. The third-order valence-electron chi connectivity index (χ3n) is 3.51. The molecular formula is C17H28Cs2O8. The predicted octanol–water partition coefficient (Wildman–Crippen LogP) is -3.86. The second kappa shape index (κ2) is 19.6. The van der Waals surface area contributed by atoms with Gasteiger partial charge in [0.05, 0.1) is 33.2 Å². The molecule has 4 atom stereocenters. The molecule has 0 bridgehead atoms. The van der Waals surface area contributed by atoms with Crippen LogP contribution in [0, 0.1) is 25.0 Å². The van der Waals surface area contributed by atoms with Gasteiger partial charge in [0, 0.05) is 0 Å². The van der Waals surface area contributed by atoms with Crippen LogP contribution >= 0.6 is 0 Å². The van der Waals surface area contributed by atoms with Crippen LogP contribution < -0.4 is 138 Å². The van der Waals surface area contributed by atoms with Gasteiger partial charge in [0.15, 0.2) is 0 Å². The van der Waals surface area contributed by atoms with Gasteiger partial charge in [-0.05, 0) is 12.8 Å². The van der Waals surface area contributed by atoms with Crippen LogP contribution in [0.25, 0.3) is 0 Å². The number of esters is 1.